The van der Waals surface area contributed by atoms with Gasteiger partial charge in [0.05, 0.1) is 14.2 Å². The maximum Gasteiger partial charge on any atom is 0.303 e. The summed E-state index contributed by atoms with van der Waals surface area (Å²) in [6.07, 6.45) is 5.69. The Kier molecular flexibility index (Phi) is 3.62. The summed E-state index contributed by atoms with van der Waals surface area (Å²) in [4.78, 5) is 11.2. The highest BCUT2D eigenvalue weighted by Crippen LogP contribution is 2.56. The number of methoxy groups -OCH3 is 2. The van der Waals surface area contributed by atoms with E-state index < -0.39 is 5.97 Å². The Hall–Kier alpha value is -1.97. The number of hydrogen-bond acceptors (Lipinski definition) is 3. The van der Waals surface area contributed by atoms with E-state index >= 15 is 0 Å². The Bertz CT molecular complexity index is 578. The predicted molar refractivity (Wildman–Crippen MR) is 78.8 cm³/mol. The molecule has 1 fully saturated rings. The number of carboxylic acids is 1. The van der Waals surface area contributed by atoms with E-state index in [0.717, 1.165) is 23.5 Å². The fraction of sp³-hybridized carbons (Fsp3) is 0.471. The van der Waals surface area contributed by atoms with Crippen LogP contribution in [0.2, 0.25) is 0 Å². The fourth-order valence-electron chi connectivity index (χ4n) is 3.96. The predicted octanol–water partition coefficient (Wildman–Crippen LogP) is 3.08. The lowest BCUT2D eigenvalue weighted by Crippen LogP contribution is -2.21. The number of aliphatic carboxylic acids is 1. The zero-order chi connectivity index (χ0) is 15.0. The van der Waals surface area contributed by atoms with Gasteiger partial charge < -0.3 is 14.6 Å². The molecule has 21 heavy (non-hydrogen) atoms. The van der Waals surface area contributed by atoms with Crippen LogP contribution in [0.25, 0.3) is 0 Å². The minimum atomic E-state index is -0.724. The third-order valence-electron chi connectivity index (χ3n) is 4.83. The van der Waals surface area contributed by atoms with E-state index in [-0.39, 0.29) is 18.3 Å². The monoisotopic (exact) mass is 288 g/mol. The lowest BCUT2D eigenvalue weighted by Gasteiger charge is -2.28. The van der Waals surface area contributed by atoms with E-state index in [4.69, 9.17) is 9.47 Å². The van der Waals surface area contributed by atoms with Gasteiger partial charge in [-0.1, -0.05) is 18.2 Å². The minimum Gasteiger partial charge on any atom is -0.497 e. The molecule has 1 aromatic rings. The van der Waals surface area contributed by atoms with Gasteiger partial charge in [-0.3, -0.25) is 4.79 Å². The van der Waals surface area contributed by atoms with Crippen LogP contribution in [-0.4, -0.2) is 25.3 Å². The van der Waals surface area contributed by atoms with Gasteiger partial charge in [0, 0.05) is 12.5 Å². The van der Waals surface area contributed by atoms with Crippen molar-refractivity contribution in [2.24, 2.45) is 17.8 Å². The van der Waals surface area contributed by atoms with E-state index in [2.05, 4.69) is 12.2 Å². The van der Waals surface area contributed by atoms with Crippen LogP contribution >= 0.6 is 0 Å². The Balaban J connectivity index is 1.98. The van der Waals surface area contributed by atoms with Gasteiger partial charge in [0.25, 0.3) is 0 Å². The second-order valence-corrected chi connectivity index (χ2v) is 5.84. The van der Waals surface area contributed by atoms with Crippen molar-refractivity contribution in [3.8, 4) is 11.5 Å². The van der Waals surface area contributed by atoms with Gasteiger partial charge >= 0.3 is 5.97 Å². The molecule has 1 N–H and O–H groups in total. The Morgan fingerprint density at radius 3 is 2.67 bits per heavy atom. The zero-order valence-electron chi connectivity index (χ0n) is 12.3. The molecule has 0 radical (unpaired) electrons. The van der Waals surface area contributed by atoms with Crippen LogP contribution in [0.5, 0.6) is 11.5 Å². The Morgan fingerprint density at radius 1 is 1.24 bits per heavy atom. The quantitative estimate of drug-likeness (QED) is 0.846. The largest absolute Gasteiger partial charge is 0.497 e. The Labute approximate surface area is 124 Å². The standard InChI is InChI=1S/C17H20O4/c1-20-12-5-6-13(15(8-12)21-2)17-11-4-3-10(7-11)14(17)9-16(18)19/h3-6,8,10-11,14,17H,7,9H2,1-2H3,(H,18,19). The lowest BCUT2D eigenvalue weighted by molar-refractivity contribution is -0.138. The van der Waals surface area contributed by atoms with Crippen molar-refractivity contribution in [2.75, 3.05) is 14.2 Å². The van der Waals surface area contributed by atoms with Crippen molar-refractivity contribution in [1.29, 1.82) is 0 Å². The third kappa shape index (κ3) is 2.39. The van der Waals surface area contributed by atoms with E-state index in [0.29, 0.717) is 11.8 Å². The SMILES string of the molecule is COc1ccc(C2C3C=CC(C3)C2CC(=O)O)c(OC)c1. The first-order valence-corrected chi connectivity index (χ1v) is 7.26. The molecule has 4 atom stereocenters. The number of hydrogen-bond donors (Lipinski definition) is 1. The van der Waals surface area contributed by atoms with Gasteiger partial charge in [0.1, 0.15) is 11.5 Å². The molecule has 1 aromatic carbocycles. The number of fused-ring (bicyclic) bond motifs is 2. The van der Waals surface area contributed by atoms with Gasteiger partial charge in [-0.15, -0.1) is 0 Å². The molecular weight excluding hydrogens is 268 g/mol. The van der Waals surface area contributed by atoms with Crippen molar-refractivity contribution in [3.05, 3.63) is 35.9 Å². The molecule has 0 spiro atoms. The summed E-state index contributed by atoms with van der Waals surface area (Å²) in [5.41, 5.74) is 1.10. The zero-order valence-corrected chi connectivity index (χ0v) is 12.3. The topological polar surface area (TPSA) is 55.8 Å². The van der Waals surface area contributed by atoms with Gasteiger partial charge in [0.15, 0.2) is 0 Å². The van der Waals surface area contributed by atoms with E-state index in [1.165, 1.54) is 0 Å². The average molecular weight is 288 g/mol. The van der Waals surface area contributed by atoms with Gasteiger partial charge in [0.2, 0.25) is 0 Å². The van der Waals surface area contributed by atoms with Gasteiger partial charge in [-0.25, -0.2) is 0 Å². The molecule has 112 valence electrons. The molecule has 0 aromatic heterocycles. The first-order chi connectivity index (χ1) is 10.1. The second-order valence-electron chi connectivity index (χ2n) is 5.84. The highest BCUT2D eigenvalue weighted by Gasteiger charge is 2.46. The molecular formula is C17H20O4. The fourth-order valence-corrected chi connectivity index (χ4v) is 3.96. The van der Waals surface area contributed by atoms with Crippen molar-refractivity contribution in [3.63, 3.8) is 0 Å². The third-order valence-corrected chi connectivity index (χ3v) is 4.83. The molecule has 2 bridgehead atoms. The molecule has 4 unspecified atom stereocenters. The molecule has 1 saturated carbocycles. The van der Waals surface area contributed by atoms with Crippen molar-refractivity contribution in [2.45, 2.75) is 18.8 Å². The second kappa shape index (κ2) is 5.43. The normalized spacial score (nSPS) is 29.6. The summed E-state index contributed by atoms with van der Waals surface area (Å²) in [6, 6.07) is 5.82. The average Bonchev–Trinajstić information content (AvgIpc) is 3.07. The summed E-state index contributed by atoms with van der Waals surface area (Å²) in [6.45, 7) is 0. The summed E-state index contributed by atoms with van der Waals surface area (Å²) >= 11 is 0. The summed E-state index contributed by atoms with van der Waals surface area (Å²) in [7, 11) is 3.27. The summed E-state index contributed by atoms with van der Waals surface area (Å²) in [5.74, 6) is 1.99. The van der Waals surface area contributed by atoms with E-state index in [9.17, 15) is 9.90 Å². The number of carbonyl (C=O) groups is 1. The maximum atomic E-state index is 11.2. The molecule has 2 aliphatic carbocycles. The molecule has 3 rings (SSSR count). The first kappa shape index (κ1) is 14.0. The smallest absolute Gasteiger partial charge is 0.303 e. The summed E-state index contributed by atoms with van der Waals surface area (Å²) < 4.78 is 10.7. The van der Waals surface area contributed by atoms with Gasteiger partial charge in [-0.05, 0) is 41.7 Å². The molecule has 0 heterocycles. The van der Waals surface area contributed by atoms with Crippen molar-refractivity contribution >= 4 is 5.97 Å². The van der Waals surface area contributed by atoms with Crippen LogP contribution in [0.4, 0.5) is 0 Å². The van der Waals surface area contributed by atoms with Crippen molar-refractivity contribution in [1.82, 2.24) is 0 Å². The number of ether oxygens (including phenoxy) is 2. The Morgan fingerprint density at radius 2 is 2.00 bits per heavy atom. The van der Waals surface area contributed by atoms with Crippen molar-refractivity contribution < 1.29 is 19.4 Å². The van der Waals surface area contributed by atoms with E-state index in [1.54, 1.807) is 14.2 Å². The highest BCUT2D eigenvalue weighted by molar-refractivity contribution is 5.67. The molecule has 0 saturated heterocycles. The van der Waals surface area contributed by atoms with Crippen LogP contribution in [0.15, 0.2) is 30.4 Å². The molecule has 2 aliphatic rings. The van der Waals surface area contributed by atoms with Crippen LogP contribution in [0, 0.1) is 17.8 Å². The molecule has 0 aliphatic heterocycles. The number of allylic oxidation sites excluding steroid dienone is 2. The van der Waals surface area contributed by atoms with Crippen LogP contribution < -0.4 is 9.47 Å². The van der Waals surface area contributed by atoms with Crippen LogP contribution in [0.1, 0.15) is 24.3 Å². The number of carboxylic acid groups (broad SMARTS) is 1. The molecule has 0 amide bonds. The number of benzene rings is 1. The molecule has 4 nitrogen and oxygen atoms in total. The van der Waals surface area contributed by atoms with Crippen LogP contribution in [-0.2, 0) is 4.79 Å². The van der Waals surface area contributed by atoms with Crippen LogP contribution in [0.3, 0.4) is 0 Å². The minimum absolute atomic E-state index is 0.153. The number of rotatable bonds is 5. The lowest BCUT2D eigenvalue weighted by atomic mass is 9.76. The molecule has 4 heteroatoms. The highest BCUT2D eigenvalue weighted by atomic mass is 16.5. The summed E-state index contributed by atoms with van der Waals surface area (Å²) in [5, 5.41) is 9.20. The first-order valence-electron chi connectivity index (χ1n) is 7.26. The van der Waals surface area contributed by atoms with E-state index in [1.807, 2.05) is 18.2 Å². The van der Waals surface area contributed by atoms with Gasteiger partial charge in [-0.2, -0.15) is 0 Å². The maximum absolute atomic E-state index is 11.2.